The van der Waals surface area contributed by atoms with E-state index in [1.807, 2.05) is 0 Å². The van der Waals surface area contributed by atoms with Gasteiger partial charge >= 0.3 is 0 Å². The molecular formula is C56H40N2O. The number of aromatic nitrogens is 1. The van der Waals surface area contributed by atoms with E-state index < -0.39 is 0 Å². The van der Waals surface area contributed by atoms with Gasteiger partial charge < -0.3 is 13.9 Å². The number of hydrogen-bond acceptors (Lipinski definition) is 2. The lowest BCUT2D eigenvalue weighted by molar-refractivity contribution is 0.669. The van der Waals surface area contributed by atoms with Gasteiger partial charge in [0.25, 0.3) is 0 Å². The third-order valence-corrected chi connectivity index (χ3v) is 11.8. The van der Waals surface area contributed by atoms with Gasteiger partial charge in [0, 0.05) is 49.8 Å². The van der Waals surface area contributed by atoms with Crippen LogP contribution in [0.2, 0.25) is 0 Å². The van der Waals surface area contributed by atoms with Crippen LogP contribution in [-0.2, 0) is 0 Å². The molecule has 0 aliphatic heterocycles. The molecule has 0 N–H and O–H groups in total. The summed E-state index contributed by atoms with van der Waals surface area (Å²) in [5, 5.41) is 7.00. The van der Waals surface area contributed by atoms with E-state index in [0.717, 1.165) is 72.4 Å². The largest absolute Gasteiger partial charge is 0.456 e. The second kappa shape index (κ2) is 14.1. The van der Waals surface area contributed by atoms with Crippen LogP contribution < -0.4 is 4.90 Å². The van der Waals surface area contributed by atoms with E-state index in [4.69, 9.17) is 4.42 Å². The van der Waals surface area contributed by atoms with Crippen molar-refractivity contribution in [2.24, 2.45) is 0 Å². The van der Waals surface area contributed by atoms with Crippen molar-refractivity contribution in [1.29, 1.82) is 0 Å². The highest BCUT2D eigenvalue weighted by atomic mass is 16.3. The quantitative estimate of drug-likeness (QED) is 0.161. The molecule has 3 heteroatoms. The van der Waals surface area contributed by atoms with Gasteiger partial charge in [0.2, 0.25) is 0 Å². The zero-order chi connectivity index (χ0) is 39.5. The Morgan fingerprint density at radius 3 is 1.88 bits per heavy atom. The van der Waals surface area contributed by atoms with Gasteiger partial charge in [-0.2, -0.15) is 0 Å². The monoisotopic (exact) mass is 756 g/mol. The maximum absolute atomic E-state index is 6.82. The summed E-state index contributed by atoms with van der Waals surface area (Å²) in [6.07, 6.45) is 4.38. The molecule has 2 aromatic heterocycles. The van der Waals surface area contributed by atoms with Gasteiger partial charge in [-0.1, -0.05) is 164 Å². The SMILES string of the molecule is C/C=C\c1c(C)cc(-n2c3cc4oc5ccccc5c4c(-c4ccccc4)c3c3cccc(N(c4ccccc4)c4ccccc4-c4ccccc4)c32)c2ccccc12. The number of para-hydroxylation sites is 4. The second-order valence-electron chi connectivity index (χ2n) is 15.2. The fraction of sp³-hybridized carbons (Fsp3) is 0.0357. The van der Waals surface area contributed by atoms with E-state index in [-0.39, 0.29) is 0 Å². The average Bonchev–Trinajstić information content (AvgIpc) is 3.83. The number of allylic oxidation sites excluding steroid dienone is 1. The van der Waals surface area contributed by atoms with Crippen molar-refractivity contribution in [2.75, 3.05) is 4.90 Å². The zero-order valence-electron chi connectivity index (χ0n) is 32.9. The maximum Gasteiger partial charge on any atom is 0.138 e. The van der Waals surface area contributed by atoms with Gasteiger partial charge in [-0.25, -0.2) is 0 Å². The molecule has 0 spiro atoms. The molecule has 0 unspecified atom stereocenters. The van der Waals surface area contributed by atoms with Crippen molar-refractivity contribution in [2.45, 2.75) is 13.8 Å². The number of anilines is 3. The fourth-order valence-electron chi connectivity index (χ4n) is 9.34. The lowest BCUT2D eigenvalue weighted by Gasteiger charge is -2.29. The molecule has 0 aliphatic carbocycles. The summed E-state index contributed by atoms with van der Waals surface area (Å²) in [6.45, 7) is 4.33. The van der Waals surface area contributed by atoms with E-state index in [2.05, 4.69) is 230 Å². The topological polar surface area (TPSA) is 21.3 Å². The Hall–Kier alpha value is -7.62. The summed E-state index contributed by atoms with van der Waals surface area (Å²) in [5.74, 6) is 0. The summed E-state index contributed by atoms with van der Waals surface area (Å²) >= 11 is 0. The molecule has 0 aliphatic rings. The van der Waals surface area contributed by atoms with Gasteiger partial charge in [-0.05, 0) is 77.9 Å². The van der Waals surface area contributed by atoms with Crippen molar-refractivity contribution in [3.63, 3.8) is 0 Å². The Labute approximate surface area is 343 Å². The van der Waals surface area contributed by atoms with Crippen LogP contribution in [0.25, 0.3) is 88.5 Å². The summed E-state index contributed by atoms with van der Waals surface area (Å²) < 4.78 is 9.34. The molecule has 9 aromatic carbocycles. The number of fused-ring (bicyclic) bond motifs is 7. The average molecular weight is 757 g/mol. The fourth-order valence-corrected chi connectivity index (χ4v) is 9.34. The Kier molecular flexibility index (Phi) is 8.27. The number of nitrogens with zero attached hydrogens (tertiary/aromatic N) is 2. The molecule has 0 saturated carbocycles. The summed E-state index contributed by atoms with van der Waals surface area (Å²) in [6, 6.07) is 69.9. The van der Waals surface area contributed by atoms with Crippen LogP contribution in [0.4, 0.5) is 17.1 Å². The smallest absolute Gasteiger partial charge is 0.138 e. The molecule has 0 amide bonds. The highest BCUT2D eigenvalue weighted by Gasteiger charge is 2.28. The first-order chi connectivity index (χ1) is 29.2. The summed E-state index contributed by atoms with van der Waals surface area (Å²) in [7, 11) is 0. The lowest BCUT2D eigenvalue weighted by atomic mass is 9.94. The maximum atomic E-state index is 6.82. The van der Waals surface area contributed by atoms with E-state index >= 15 is 0 Å². The molecule has 0 radical (unpaired) electrons. The molecule has 0 saturated heterocycles. The van der Waals surface area contributed by atoms with E-state index in [9.17, 15) is 0 Å². The van der Waals surface area contributed by atoms with Crippen molar-refractivity contribution in [1.82, 2.24) is 4.57 Å². The van der Waals surface area contributed by atoms with Crippen molar-refractivity contribution in [3.8, 4) is 27.9 Å². The van der Waals surface area contributed by atoms with Gasteiger partial charge in [-0.15, -0.1) is 0 Å². The van der Waals surface area contributed by atoms with E-state index in [1.54, 1.807) is 0 Å². The second-order valence-corrected chi connectivity index (χ2v) is 15.2. The summed E-state index contributed by atoms with van der Waals surface area (Å²) in [5.41, 5.74) is 15.4. The third-order valence-electron chi connectivity index (χ3n) is 11.8. The summed E-state index contributed by atoms with van der Waals surface area (Å²) in [4.78, 5) is 2.45. The molecule has 0 atom stereocenters. The molecule has 280 valence electrons. The van der Waals surface area contributed by atoms with E-state index in [1.165, 1.54) is 38.2 Å². The van der Waals surface area contributed by atoms with Crippen LogP contribution in [0.15, 0.2) is 205 Å². The zero-order valence-corrected chi connectivity index (χ0v) is 32.9. The molecular weight excluding hydrogens is 717 g/mol. The highest BCUT2D eigenvalue weighted by molar-refractivity contribution is 6.28. The number of benzene rings is 9. The first kappa shape index (κ1) is 34.6. The molecule has 3 nitrogen and oxygen atoms in total. The van der Waals surface area contributed by atoms with Crippen LogP contribution in [0.5, 0.6) is 0 Å². The van der Waals surface area contributed by atoms with Crippen LogP contribution in [0, 0.1) is 6.92 Å². The molecule has 59 heavy (non-hydrogen) atoms. The number of aryl methyl sites for hydroxylation is 1. The van der Waals surface area contributed by atoms with Crippen LogP contribution in [-0.4, -0.2) is 4.57 Å². The number of furan rings is 1. The lowest BCUT2D eigenvalue weighted by Crippen LogP contribution is -2.13. The minimum Gasteiger partial charge on any atom is -0.456 e. The van der Waals surface area contributed by atoms with Gasteiger partial charge in [0.15, 0.2) is 0 Å². The Morgan fingerprint density at radius 2 is 1.12 bits per heavy atom. The predicted molar refractivity (Wildman–Crippen MR) is 251 cm³/mol. The van der Waals surface area contributed by atoms with Crippen LogP contribution >= 0.6 is 0 Å². The van der Waals surface area contributed by atoms with Gasteiger partial charge in [0.05, 0.1) is 28.1 Å². The minimum atomic E-state index is 0.865. The number of hydrogen-bond donors (Lipinski definition) is 0. The third kappa shape index (κ3) is 5.50. The van der Waals surface area contributed by atoms with Gasteiger partial charge in [-0.3, -0.25) is 0 Å². The Bertz CT molecular complexity index is 3390. The van der Waals surface area contributed by atoms with E-state index in [0.29, 0.717) is 0 Å². The Morgan fingerprint density at radius 1 is 0.508 bits per heavy atom. The molecule has 11 rings (SSSR count). The van der Waals surface area contributed by atoms with Gasteiger partial charge in [0.1, 0.15) is 11.2 Å². The highest BCUT2D eigenvalue weighted by Crippen LogP contribution is 2.51. The molecule has 11 aromatic rings. The Balaban J connectivity index is 1.37. The normalized spacial score (nSPS) is 11.8. The standard InChI is InChI=1S/C56H40N2O/c1-3-20-41-37(2)35-49(44-29-14-13-28-43(41)44)58-50-36-52-55(45-30-16-18-34-51(45)59-52)53(39-23-9-5-10-24-39)54(50)46-31-19-33-48(56(46)58)57(40-25-11-6-12-26-40)47-32-17-15-27-42(47)38-21-7-4-8-22-38/h3-36H,1-2H3/b20-3-. The minimum absolute atomic E-state index is 0.865. The van der Waals surface area contributed by atoms with Crippen molar-refractivity contribution >= 4 is 77.7 Å². The van der Waals surface area contributed by atoms with Crippen molar-refractivity contribution in [3.05, 3.63) is 211 Å². The predicted octanol–water partition coefficient (Wildman–Crippen LogP) is 16.0. The van der Waals surface area contributed by atoms with Crippen LogP contribution in [0.1, 0.15) is 18.1 Å². The molecule has 0 fully saturated rings. The molecule has 2 heterocycles. The first-order valence-corrected chi connectivity index (χ1v) is 20.3. The number of rotatable bonds is 7. The van der Waals surface area contributed by atoms with Crippen LogP contribution in [0.3, 0.4) is 0 Å². The van der Waals surface area contributed by atoms with Crippen molar-refractivity contribution < 1.29 is 4.42 Å². The molecule has 0 bridgehead atoms. The first-order valence-electron chi connectivity index (χ1n) is 20.3.